The number of rotatable bonds is 2. The summed E-state index contributed by atoms with van der Waals surface area (Å²) in [6.45, 7) is 0. The van der Waals surface area contributed by atoms with Crippen LogP contribution in [-0.4, -0.2) is 11.8 Å². The Morgan fingerprint density at radius 1 is 1.00 bits per heavy atom. The van der Waals surface area contributed by atoms with Gasteiger partial charge in [0.15, 0.2) is 0 Å². The Morgan fingerprint density at radius 2 is 1.33 bits per heavy atom. The summed E-state index contributed by atoms with van der Waals surface area (Å²) in [5, 5.41) is 0. The van der Waals surface area contributed by atoms with Crippen LogP contribution in [0.25, 0.3) is 0 Å². The zero-order valence-electron chi connectivity index (χ0n) is 3.29. The van der Waals surface area contributed by atoms with E-state index in [1.54, 1.807) is 0 Å². The lowest BCUT2D eigenvalue weighted by Gasteiger charge is -1.75. The maximum Gasteiger partial charge on any atom is 0.0234 e. The van der Waals surface area contributed by atoms with E-state index in [1.807, 2.05) is 0 Å². The molecule has 0 aromatic heterocycles. The van der Waals surface area contributed by atoms with Gasteiger partial charge in [0.05, 0.1) is 0 Å². The monoisotopic (exact) mass is 148 g/mol. The van der Waals surface area contributed by atoms with E-state index in [2.05, 4.69) is 0 Å². The van der Waals surface area contributed by atoms with Crippen LogP contribution >= 0.6 is 35.6 Å². The molecule has 0 N–H and O–H groups in total. The number of hydrogen-bond donors (Lipinski definition) is 0. The molecular formula is C3H7Cl3. The molecule has 0 saturated carbocycles. The lowest BCUT2D eigenvalue weighted by molar-refractivity contribution is 1.11. The summed E-state index contributed by atoms with van der Waals surface area (Å²) in [6, 6.07) is 0. The van der Waals surface area contributed by atoms with Gasteiger partial charge in [0, 0.05) is 11.8 Å². The van der Waals surface area contributed by atoms with Crippen molar-refractivity contribution in [1.29, 1.82) is 0 Å². The molecule has 3 heteroatoms. The SMILES string of the molecule is Cl.ClCCCCl. The topological polar surface area (TPSA) is 0 Å². The van der Waals surface area contributed by atoms with Crippen molar-refractivity contribution >= 4 is 35.6 Å². The second-order valence-corrected chi connectivity index (χ2v) is 1.49. The van der Waals surface area contributed by atoms with Gasteiger partial charge in [0.1, 0.15) is 0 Å². The van der Waals surface area contributed by atoms with Crippen LogP contribution in [0.4, 0.5) is 0 Å². The average molecular weight is 149 g/mol. The van der Waals surface area contributed by atoms with Gasteiger partial charge in [0.2, 0.25) is 0 Å². The lowest BCUT2D eigenvalue weighted by atomic mass is 10.6. The molecule has 0 aromatic carbocycles. The molecule has 0 unspecified atom stereocenters. The highest BCUT2D eigenvalue weighted by atomic mass is 35.5. The maximum absolute atomic E-state index is 5.22. The first-order valence-electron chi connectivity index (χ1n) is 1.53. The molecule has 6 heavy (non-hydrogen) atoms. The van der Waals surface area contributed by atoms with Crippen molar-refractivity contribution in [3.8, 4) is 0 Å². The molecule has 0 rings (SSSR count). The van der Waals surface area contributed by atoms with E-state index in [1.165, 1.54) is 0 Å². The van der Waals surface area contributed by atoms with Crippen LogP contribution < -0.4 is 0 Å². The van der Waals surface area contributed by atoms with Crippen molar-refractivity contribution in [2.24, 2.45) is 0 Å². The molecule has 0 aliphatic rings. The first-order valence-corrected chi connectivity index (χ1v) is 2.60. The number of hydrogen-bond acceptors (Lipinski definition) is 0. The zero-order valence-corrected chi connectivity index (χ0v) is 5.61. The van der Waals surface area contributed by atoms with Gasteiger partial charge in [-0.3, -0.25) is 0 Å². The second kappa shape index (κ2) is 9.30. The first kappa shape index (κ1) is 9.98. The normalized spacial score (nSPS) is 7.00. The largest absolute Gasteiger partial charge is 0.147 e. The summed E-state index contributed by atoms with van der Waals surface area (Å²) in [4.78, 5) is 0. The molecule has 0 aromatic rings. The maximum atomic E-state index is 5.22. The van der Waals surface area contributed by atoms with Crippen molar-refractivity contribution < 1.29 is 0 Å². The van der Waals surface area contributed by atoms with E-state index in [4.69, 9.17) is 23.2 Å². The van der Waals surface area contributed by atoms with Crippen LogP contribution in [0, 0.1) is 0 Å². The van der Waals surface area contributed by atoms with Gasteiger partial charge < -0.3 is 0 Å². The molecule has 0 aliphatic heterocycles. The molecule has 0 nitrogen and oxygen atoms in total. The third-order valence-corrected chi connectivity index (χ3v) is 0.802. The van der Waals surface area contributed by atoms with Gasteiger partial charge in [-0.05, 0) is 6.42 Å². The highest BCUT2D eigenvalue weighted by molar-refractivity contribution is 6.20. The van der Waals surface area contributed by atoms with Crippen LogP contribution in [0.5, 0.6) is 0 Å². The highest BCUT2D eigenvalue weighted by Crippen LogP contribution is 1.84. The predicted octanol–water partition coefficient (Wildman–Crippen LogP) is 2.28. The van der Waals surface area contributed by atoms with Crippen molar-refractivity contribution in [3.63, 3.8) is 0 Å². The van der Waals surface area contributed by atoms with Gasteiger partial charge in [-0.15, -0.1) is 35.6 Å². The van der Waals surface area contributed by atoms with E-state index in [0.29, 0.717) is 11.8 Å². The Bertz CT molecular complexity index is 13.5. The minimum absolute atomic E-state index is 0. The number of alkyl halides is 2. The predicted molar refractivity (Wildman–Crippen MR) is 33.3 cm³/mol. The fraction of sp³-hybridized carbons (Fsp3) is 1.00. The van der Waals surface area contributed by atoms with E-state index in [-0.39, 0.29) is 12.4 Å². The van der Waals surface area contributed by atoms with Crippen LogP contribution in [0.3, 0.4) is 0 Å². The molecule has 40 valence electrons. The van der Waals surface area contributed by atoms with Gasteiger partial charge in [-0.25, -0.2) is 0 Å². The van der Waals surface area contributed by atoms with Crippen molar-refractivity contribution in [2.45, 2.75) is 6.42 Å². The van der Waals surface area contributed by atoms with Crippen molar-refractivity contribution in [2.75, 3.05) is 11.8 Å². The Kier molecular flexibility index (Phi) is 15.5. The Morgan fingerprint density at radius 3 is 1.33 bits per heavy atom. The third kappa shape index (κ3) is 8.85. The molecule has 0 radical (unpaired) electrons. The first-order chi connectivity index (χ1) is 2.41. The van der Waals surface area contributed by atoms with Crippen molar-refractivity contribution in [3.05, 3.63) is 0 Å². The van der Waals surface area contributed by atoms with Gasteiger partial charge >= 0.3 is 0 Å². The van der Waals surface area contributed by atoms with Crippen LogP contribution in [0.15, 0.2) is 0 Å². The summed E-state index contributed by atoms with van der Waals surface area (Å²) in [6.07, 6.45) is 0.920. The lowest BCUT2D eigenvalue weighted by Crippen LogP contribution is -1.70. The average Bonchev–Trinajstić information content (AvgIpc) is 1.41. The van der Waals surface area contributed by atoms with Crippen LogP contribution in [0.2, 0.25) is 0 Å². The fourth-order valence-electron chi connectivity index (χ4n) is 0.0505. The van der Waals surface area contributed by atoms with E-state index in [0.717, 1.165) is 6.42 Å². The second-order valence-electron chi connectivity index (χ2n) is 0.732. The minimum atomic E-state index is 0. The highest BCUT2D eigenvalue weighted by Gasteiger charge is 1.72. The molecular weight excluding hydrogens is 142 g/mol. The van der Waals surface area contributed by atoms with Crippen LogP contribution in [0.1, 0.15) is 6.42 Å². The summed E-state index contributed by atoms with van der Waals surface area (Å²) >= 11 is 10.4. The summed E-state index contributed by atoms with van der Waals surface area (Å²) in [7, 11) is 0. The third-order valence-electron chi connectivity index (χ3n) is 0.267. The van der Waals surface area contributed by atoms with Gasteiger partial charge in [-0.2, -0.15) is 0 Å². The summed E-state index contributed by atoms with van der Waals surface area (Å²) in [5.41, 5.74) is 0. The van der Waals surface area contributed by atoms with Gasteiger partial charge in [-0.1, -0.05) is 0 Å². The van der Waals surface area contributed by atoms with E-state index >= 15 is 0 Å². The number of halogens is 3. The molecule has 0 saturated heterocycles. The molecule has 0 bridgehead atoms. The molecule has 0 spiro atoms. The van der Waals surface area contributed by atoms with E-state index < -0.39 is 0 Å². The smallest absolute Gasteiger partial charge is 0.0234 e. The Balaban J connectivity index is 0. The van der Waals surface area contributed by atoms with E-state index in [9.17, 15) is 0 Å². The molecule has 0 atom stereocenters. The Labute approximate surface area is 54.2 Å². The minimum Gasteiger partial charge on any atom is -0.147 e. The quantitative estimate of drug-likeness (QED) is 0.529. The van der Waals surface area contributed by atoms with Crippen molar-refractivity contribution in [1.82, 2.24) is 0 Å². The molecule has 0 amide bonds. The fourth-order valence-corrected chi connectivity index (χ4v) is 0.455. The van der Waals surface area contributed by atoms with Gasteiger partial charge in [0.25, 0.3) is 0 Å². The summed E-state index contributed by atoms with van der Waals surface area (Å²) < 4.78 is 0. The van der Waals surface area contributed by atoms with Crippen LogP contribution in [-0.2, 0) is 0 Å². The Hall–Kier alpha value is 0.870. The molecule has 0 aliphatic carbocycles. The standard InChI is InChI=1S/C3H6Cl2.ClH/c4-2-1-3-5;/h1-3H2;1H. The zero-order chi connectivity index (χ0) is 4.12. The summed E-state index contributed by atoms with van der Waals surface area (Å²) in [5.74, 6) is 1.37. The molecule has 0 heterocycles. The molecule has 0 fully saturated rings.